The summed E-state index contributed by atoms with van der Waals surface area (Å²) in [6.45, 7) is 0.380. The Kier molecular flexibility index (Phi) is 6.35. The number of benzene rings is 3. The zero-order valence-electron chi connectivity index (χ0n) is 19.0. The minimum absolute atomic E-state index is 0.106. The van der Waals surface area contributed by atoms with E-state index >= 15 is 0 Å². The summed E-state index contributed by atoms with van der Waals surface area (Å²) in [5.41, 5.74) is 3.02. The van der Waals surface area contributed by atoms with Crippen molar-refractivity contribution in [1.82, 2.24) is 4.90 Å². The monoisotopic (exact) mass is 522 g/mol. The molecule has 0 atom stereocenters. The third-order valence-corrected chi connectivity index (χ3v) is 8.39. The van der Waals surface area contributed by atoms with Crippen LogP contribution in [-0.4, -0.2) is 37.7 Å². The minimum Gasteiger partial charge on any atom is -0.337 e. The predicted octanol–water partition coefficient (Wildman–Crippen LogP) is 5.23. The average Bonchev–Trinajstić information content (AvgIpc) is 3.31. The van der Waals surface area contributed by atoms with Crippen molar-refractivity contribution in [2.75, 3.05) is 22.9 Å². The molecule has 0 bridgehead atoms. The summed E-state index contributed by atoms with van der Waals surface area (Å²) in [6, 6.07) is 24.7. The van der Waals surface area contributed by atoms with Crippen LogP contribution in [0.2, 0.25) is 0 Å². The number of carbonyl (C=O) groups is 1. The summed E-state index contributed by atoms with van der Waals surface area (Å²) < 4.78 is 25.8. The fourth-order valence-corrected chi connectivity index (χ4v) is 6.69. The van der Waals surface area contributed by atoms with Gasteiger partial charge in [-0.1, -0.05) is 60.3 Å². The van der Waals surface area contributed by atoms with Gasteiger partial charge in [-0.2, -0.15) is 0 Å². The van der Waals surface area contributed by atoms with Gasteiger partial charge in [0.05, 0.1) is 34.9 Å². The van der Waals surface area contributed by atoms with Gasteiger partial charge >= 0.3 is 0 Å². The van der Waals surface area contributed by atoms with Crippen LogP contribution in [0.15, 0.2) is 98.7 Å². The van der Waals surface area contributed by atoms with E-state index in [0.717, 1.165) is 27.4 Å². The van der Waals surface area contributed by atoms with Crippen molar-refractivity contribution >= 4 is 61.7 Å². The van der Waals surface area contributed by atoms with E-state index in [1.54, 1.807) is 40.9 Å². The number of nitrogens with zero attached hydrogens (tertiary/aromatic N) is 3. The van der Waals surface area contributed by atoms with Crippen LogP contribution in [0, 0.1) is 0 Å². The fourth-order valence-electron chi connectivity index (χ4n) is 3.79. The lowest BCUT2D eigenvalue weighted by Gasteiger charge is -2.17. The molecule has 178 valence electrons. The van der Waals surface area contributed by atoms with Crippen molar-refractivity contribution in [2.24, 2.45) is 4.99 Å². The highest BCUT2D eigenvalue weighted by molar-refractivity contribution is 8.19. The first-order valence-electron chi connectivity index (χ1n) is 10.7. The molecule has 2 heterocycles. The van der Waals surface area contributed by atoms with Gasteiger partial charge in [0.25, 0.3) is 5.91 Å². The van der Waals surface area contributed by atoms with Crippen molar-refractivity contribution < 1.29 is 13.2 Å². The molecule has 1 fully saturated rings. The molecule has 1 amide bonds. The first-order valence-corrected chi connectivity index (χ1v) is 14.3. The summed E-state index contributed by atoms with van der Waals surface area (Å²) >= 11 is 2.91. The number of para-hydroxylation sites is 1. The van der Waals surface area contributed by atoms with E-state index in [-0.39, 0.29) is 5.91 Å². The third-order valence-electron chi connectivity index (χ3n) is 5.35. The summed E-state index contributed by atoms with van der Waals surface area (Å²) in [5.74, 6) is -0.106. The van der Waals surface area contributed by atoms with Crippen LogP contribution in [-0.2, 0) is 21.4 Å². The molecular weight excluding hydrogens is 501 g/mol. The number of rotatable bonds is 5. The molecule has 0 aliphatic carbocycles. The lowest BCUT2D eigenvalue weighted by atomic mass is 10.2. The predicted molar refractivity (Wildman–Crippen MR) is 144 cm³/mol. The summed E-state index contributed by atoms with van der Waals surface area (Å²) in [4.78, 5) is 23.9. The number of hydrogen-bond acceptors (Lipinski definition) is 7. The van der Waals surface area contributed by atoms with E-state index < -0.39 is 10.0 Å². The quantitative estimate of drug-likeness (QED) is 0.462. The number of amides is 1. The van der Waals surface area contributed by atoms with Crippen LogP contribution >= 0.6 is 23.5 Å². The van der Waals surface area contributed by atoms with E-state index in [2.05, 4.69) is 4.72 Å². The number of thioether (sulfide) groups is 2. The minimum atomic E-state index is -3.42. The Hall–Kier alpha value is -3.21. The molecule has 0 aromatic heterocycles. The Morgan fingerprint density at radius 2 is 1.69 bits per heavy atom. The van der Waals surface area contributed by atoms with Gasteiger partial charge in [-0.25, -0.2) is 13.4 Å². The number of nitrogens with one attached hydrogen (secondary N) is 1. The average molecular weight is 523 g/mol. The SMILES string of the molecule is CN1C(=C2SC(=Nc3cccc(NS(C)(=O)=O)c3)N(Cc3ccccc3)C2=O)Sc2ccccc21. The molecule has 1 N–H and O–H groups in total. The van der Waals surface area contributed by atoms with Crippen molar-refractivity contribution in [3.8, 4) is 0 Å². The van der Waals surface area contributed by atoms with Crippen LogP contribution in [0.3, 0.4) is 0 Å². The maximum atomic E-state index is 13.7. The van der Waals surface area contributed by atoms with Crippen molar-refractivity contribution in [1.29, 1.82) is 0 Å². The van der Waals surface area contributed by atoms with E-state index in [1.807, 2.05) is 66.5 Å². The lowest BCUT2D eigenvalue weighted by molar-refractivity contribution is -0.122. The van der Waals surface area contributed by atoms with Crippen molar-refractivity contribution in [3.63, 3.8) is 0 Å². The molecule has 0 spiro atoms. The molecule has 1 saturated heterocycles. The van der Waals surface area contributed by atoms with E-state index in [9.17, 15) is 13.2 Å². The number of carbonyl (C=O) groups excluding carboxylic acids is 1. The first-order chi connectivity index (χ1) is 16.8. The number of fused-ring (bicyclic) bond motifs is 1. The first kappa shape index (κ1) is 23.5. The van der Waals surface area contributed by atoms with Crippen molar-refractivity contribution in [3.05, 3.63) is 94.4 Å². The molecule has 5 rings (SSSR count). The Labute approximate surface area is 213 Å². The highest BCUT2D eigenvalue weighted by atomic mass is 32.2. The molecule has 10 heteroatoms. The maximum absolute atomic E-state index is 13.7. The Bertz CT molecular complexity index is 1470. The van der Waals surface area contributed by atoms with Gasteiger partial charge in [-0.15, -0.1) is 0 Å². The normalized spacial score (nSPS) is 18.9. The van der Waals surface area contributed by atoms with Gasteiger partial charge in [0.15, 0.2) is 5.17 Å². The molecule has 2 aliphatic heterocycles. The second-order valence-corrected chi connectivity index (χ2v) is 11.8. The molecule has 0 unspecified atom stereocenters. The Morgan fingerprint density at radius 1 is 0.943 bits per heavy atom. The molecule has 3 aromatic rings. The number of sulfonamides is 1. The van der Waals surface area contributed by atoms with E-state index in [4.69, 9.17) is 4.99 Å². The Balaban J connectivity index is 1.54. The second-order valence-electron chi connectivity index (χ2n) is 8.06. The van der Waals surface area contributed by atoms with Gasteiger partial charge < -0.3 is 4.90 Å². The maximum Gasteiger partial charge on any atom is 0.269 e. The molecular formula is C25H22N4O3S3. The second kappa shape index (κ2) is 9.44. The molecule has 0 radical (unpaired) electrons. The molecule has 2 aliphatic rings. The molecule has 7 nitrogen and oxygen atoms in total. The molecule has 0 saturated carbocycles. The smallest absolute Gasteiger partial charge is 0.269 e. The summed E-state index contributed by atoms with van der Waals surface area (Å²) in [6.07, 6.45) is 1.10. The van der Waals surface area contributed by atoms with Gasteiger partial charge in [0, 0.05) is 11.9 Å². The van der Waals surface area contributed by atoms with Crippen LogP contribution in [0.5, 0.6) is 0 Å². The third kappa shape index (κ3) is 5.09. The van der Waals surface area contributed by atoms with Gasteiger partial charge in [0.1, 0.15) is 4.91 Å². The van der Waals surface area contributed by atoms with Gasteiger partial charge in [0.2, 0.25) is 10.0 Å². The topological polar surface area (TPSA) is 82.1 Å². The number of amidine groups is 1. The lowest BCUT2D eigenvalue weighted by Crippen LogP contribution is -2.29. The van der Waals surface area contributed by atoms with Crippen LogP contribution in [0.25, 0.3) is 0 Å². The van der Waals surface area contributed by atoms with Gasteiger partial charge in [-0.3, -0.25) is 14.4 Å². The highest BCUT2D eigenvalue weighted by Gasteiger charge is 2.39. The fraction of sp³-hybridized carbons (Fsp3) is 0.120. The number of hydrogen-bond donors (Lipinski definition) is 1. The largest absolute Gasteiger partial charge is 0.337 e. The standard InChI is InChI=1S/C25H22N4O3S3/c1-28-20-13-6-7-14-21(20)33-24(28)22-23(30)29(16-17-9-4-3-5-10-17)25(34-22)26-18-11-8-12-19(15-18)27-35(2,31)32/h3-15,27H,16H2,1-2H3. The van der Waals surface area contributed by atoms with E-state index in [1.165, 1.54) is 11.8 Å². The zero-order chi connectivity index (χ0) is 24.6. The van der Waals surface area contributed by atoms with Gasteiger partial charge in [-0.05, 0) is 47.7 Å². The molecule has 35 heavy (non-hydrogen) atoms. The van der Waals surface area contributed by atoms with Crippen molar-refractivity contribution in [2.45, 2.75) is 11.4 Å². The van der Waals surface area contributed by atoms with Crippen LogP contribution in [0.4, 0.5) is 17.1 Å². The highest BCUT2D eigenvalue weighted by Crippen LogP contribution is 2.50. The number of anilines is 2. The Morgan fingerprint density at radius 3 is 2.43 bits per heavy atom. The molecule has 3 aromatic carbocycles. The van der Waals surface area contributed by atoms with Crippen LogP contribution < -0.4 is 9.62 Å². The van der Waals surface area contributed by atoms with E-state index in [0.29, 0.717) is 28.0 Å². The zero-order valence-corrected chi connectivity index (χ0v) is 21.5. The number of aliphatic imine (C=N–C) groups is 1. The van der Waals surface area contributed by atoms with Crippen LogP contribution in [0.1, 0.15) is 5.56 Å². The summed E-state index contributed by atoms with van der Waals surface area (Å²) in [7, 11) is -1.45. The summed E-state index contributed by atoms with van der Waals surface area (Å²) in [5, 5.41) is 1.42.